The fourth-order valence-electron chi connectivity index (χ4n) is 1.25. The molecule has 0 saturated carbocycles. The summed E-state index contributed by atoms with van der Waals surface area (Å²) >= 11 is 0. The van der Waals surface area contributed by atoms with Crippen LogP contribution in [0, 0.1) is 0 Å². The molecule has 2 rings (SSSR count). The van der Waals surface area contributed by atoms with E-state index in [1.165, 1.54) is 5.57 Å². The molecule has 0 atom stereocenters. The number of hydrogen-bond acceptors (Lipinski definition) is 1. The minimum atomic E-state index is 0.877. The third kappa shape index (κ3) is 1.42. The van der Waals surface area contributed by atoms with Crippen molar-refractivity contribution in [1.29, 1.82) is 0 Å². The molecular formula is C10H10NO. The fraction of sp³-hybridized carbons (Fsp3) is 0.200. The molecule has 0 spiro atoms. The zero-order valence-electron chi connectivity index (χ0n) is 6.73. The predicted octanol–water partition coefficient (Wildman–Crippen LogP) is 2.21. The Kier molecular flexibility index (Phi) is 1.99. The van der Waals surface area contributed by atoms with Crippen LogP contribution in [0.25, 0.3) is 0 Å². The summed E-state index contributed by atoms with van der Waals surface area (Å²) in [7, 11) is 0. The van der Waals surface area contributed by atoms with Crippen molar-refractivity contribution in [3.8, 4) is 0 Å². The van der Waals surface area contributed by atoms with Crippen molar-refractivity contribution in [1.82, 2.24) is 5.32 Å². The van der Waals surface area contributed by atoms with Gasteiger partial charge in [-0.3, -0.25) is 5.32 Å². The van der Waals surface area contributed by atoms with Gasteiger partial charge in [0.25, 0.3) is 0 Å². The van der Waals surface area contributed by atoms with E-state index < -0.39 is 0 Å². The Morgan fingerprint density at radius 2 is 2.42 bits per heavy atom. The molecule has 1 radical (unpaired) electrons. The van der Waals surface area contributed by atoms with Crippen LogP contribution < -0.4 is 5.32 Å². The highest BCUT2D eigenvalue weighted by atomic mass is 16.5. The first kappa shape index (κ1) is 7.22. The minimum absolute atomic E-state index is 0.877. The summed E-state index contributed by atoms with van der Waals surface area (Å²) in [5.41, 5.74) is 1.23. The van der Waals surface area contributed by atoms with Gasteiger partial charge in [-0.1, -0.05) is 18.2 Å². The Morgan fingerprint density at radius 3 is 3.08 bits per heavy atom. The molecule has 0 unspecified atom stereocenters. The van der Waals surface area contributed by atoms with Gasteiger partial charge < -0.3 is 4.74 Å². The minimum Gasteiger partial charge on any atom is -0.461 e. The number of nitrogens with zero attached hydrogens (tertiary/aromatic N) is 1. The second-order valence-electron chi connectivity index (χ2n) is 2.70. The maximum atomic E-state index is 5.30. The maximum Gasteiger partial charge on any atom is 0.148 e. The normalized spacial score (nSPS) is 20.7. The van der Waals surface area contributed by atoms with Crippen molar-refractivity contribution in [2.24, 2.45) is 0 Å². The molecule has 1 heterocycles. The van der Waals surface area contributed by atoms with Crippen LogP contribution in [-0.2, 0) is 4.74 Å². The van der Waals surface area contributed by atoms with Crippen molar-refractivity contribution >= 4 is 0 Å². The van der Waals surface area contributed by atoms with Crippen molar-refractivity contribution in [2.75, 3.05) is 0 Å². The molecule has 0 amide bonds. The van der Waals surface area contributed by atoms with Crippen LogP contribution in [-0.4, -0.2) is 0 Å². The molecule has 1 aliphatic heterocycles. The Hall–Kier alpha value is -1.44. The Labute approximate surface area is 71.9 Å². The third-order valence-electron chi connectivity index (χ3n) is 1.86. The number of rotatable bonds is 1. The van der Waals surface area contributed by atoms with E-state index in [2.05, 4.69) is 23.5 Å². The van der Waals surface area contributed by atoms with Crippen LogP contribution >= 0.6 is 0 Å². The van der Waals surface area contributed by atoms with Crippen molar-refractivity contribution in [3.05, 3.63) is 48.2 Å². The van der Waals surface area contributed by atoms with Crippen LogP contribution in [0.4, 0.5) is 0 Å². The first-order valence-corrected chi connectivity index (χ1v) is 4.05. The highest BCUT2D eigenvalue weighted by Crippen LogP contribution is 2.22. The van der Waals surface area contributed by atoms with E-state index in [9.17, 15) is 0 Å². The van der Waals surface area contributed by atoms with Gasteiger partial charge in [0.1, 0.15) is 12.0 Å². The summed E-state index contributed by atoms with van der Waals surface area (Å²) in [6.07, 6.45) is 13.4. The van der Waals surface area contributed by atoms with Crippen LogP contribution in [0.2, 0.25) is 0 Å². The van der Waals surface area contributed by atoms with Gasteiger partial charge >= 0.3 is 0 Å². The summed E-state index contributed by atoms with van der Waals surface area (Å²) in [6.45, 7) is 0. The van der Waals surface area contributed by atoms with Crippen molar-refractivity contribution in [2.45, 2.75) is 12.8 Å². The van der Waals surface area contributed by atoms with E-state index in [4.69, 9.17) is 4.74 Å². The van der Waals surface area contributed by atoms with Gasteiger partial charge in [-0.2, -0.15) is 0 Å². The molecule has 0 N–H and O–H groups in total. The molecule has 0 aromatic heterocycles. The fourth-order valence-corrected chi connectivity index (χ4v) is 1.25. The molecule has 2 aliphatic rings. The molecule has 12 heavy (non-hydrogen) atoms. The molecule has 0 bridgehead atoms. The topological polar surface area (TPSA) is 23.3 Å². The average Bonchev–Trinajstić information content (AvgIpc) is 2.21. The first-order valence-electron chi connectivity index (χ1n) is 4.05. The summed E-state index contributed by atoms with van der Waals surface area (Å²) in [6, 6.07) is 0. The van der Waals surface area contributed by atoms with Gasteiger partial charge in [0.05, 0.1) is 12.4 Å². The third-order valence-corrected chi connectivity index (χ3v) is 1.86. The van der Waals surface area contributed by atoms with Crippen LogP contribution in [0.1, 0.15) is 12.8 Å². The second kappa shape index (κ2) is 3.30. The summed E-state index contributed by atoms with van der Waals surface area (Å²) < 4.78 is 5.30. The highest BCUT2D eigenvalue weighted by Gasteiger charge is 2.08. The summed E-state index contributed by atoms with van der Waals surface area (Å²) in [4.78, 5) is 0. The monoisotopic (exact) mass is 160 g/mol. The molecule has 2 heteroatoms. The van der Waals surface area contributed by atoms with Crippen molar-refractivity contribution in [3.63, 3.8) is 0 Å². The van der Waals surface area contributed by atoms with Gasteiger partial charge in [0.15, 0.2) is 0 Å². The first-order chi connectivity index (χ1) is 5.97. The van der Waals surface area contributed by atoms with Gasteiger partial charge in [0.2, 0.25) is 0 Å². The largest absolute Gasteiger partial charge is 0.461 e. The average molecular weight is 160 g/mol. The maximum absolute atomic E-state index is 5.30. The summed E-state index contributed by atoms with van der Waals surface area (Å²) in [5, 5.41) is 4.00. The van der Waals surface area contributed by atoms with E-state index in [1.807, 2.05) is 0 Å². The molecular weight excluding hydrogens is 150 g/mol. The van der Waals surface area contributed by atoms with Gasteiger partial charge in [0, 0.05) is 0 Å². The molecule has 61 valence electrons. The Morgan fingerprint density at radius 1 is 1.42 bits per heavy atom. The predicted molar refractivity (Wildman–Crippen MR) is 46.9 cm³/mol. The lowest BCUT2D eigenvalue weighted by molar-refractivity contribution is 0.344. The zero-order valence-corrected chi connectivity index (χ0v) is 6.73. The van der Waals surface area contributed by atoms with E-state index >= 15 is 0 Å². The Balaban J connectivity index is 2.13. The van der Waals surface area contributed by atoms with Gasteiger partial charge in [-0.05, 0) is 18.4 Å². The molecule has 1 aliphatic carbocycles. The van der Waals surface area contributed by atoms with Crippen LogP contribution in [0.15, 0.2) is 48.2 Å². The second-order valence-corrected chi connectivity index (χ2v) is 2.70. The highest BCUT2D eigenvalue weighted by molar-refractivity contribution is 5.33. The number of hydrogen-bond donors (Lipinski definition) is 0. The van der Waals surface area contributed by atoms with Gasteiger partial charge in [-0.15, -0.1) is 0 Å². The van der Waals surface area contributed by atoms with E-state index in [0.717, 1.165) is 18.6 Å². The zero-order chi connectivity index (χ0) is 8.23. The lowest BCUT2D eigenvalue weighted by atomic mass is 10.0. The molecule has 0 saturated heterocycles. The lowest BCUT2D eigenvalue weighted by Crippen LogP contribution is -2.01. The molecule has 0 fully saturated rings. The van der Waals surface area contributed by atoms with Crippen LogP contribution in [0.5, 0.6) is 0 Å². The lowest BCUT2D eigenvalue weighted by Gasteiger charge is -2.13. The van der Waals surface area contributed by atoms with E-state index in [0.29, 0.717) is 0 Å². The standard InChI is InChI=1S/C10H10NO/c1-2-4-9(5-3-1)10-8-11-6-7-12-10/h1-2,4,6-8H,3,5H2. The molecule has 2 nitrogen and oxygen atoms in total. The number of allylic oxidation sites excluding steroid dienone is 4. The van der Waals surface area contributed by atoms with Crippen LogP contribution in [0.3, 0.4) is 0 Å². The quantitative estimate of drug-likeness (QED) is 0.576. The van der Waals surface area contributed by atoms with E-state index in [-0.39, 0.29) is 0 Å². The van der Waals surface area contributed by atoms with Gasteiger partial charge in [-0.25, -0.2) is 0 Å². The Bertz CT molecular complexity index is 284. The van der Waals surface area contributed by atoms with E-state index in [1.54, 1.807) is 18.7 Å². The molecule has 0 aromatic rings. The molecule has 0 aromatic carbocycles. The number of ether oxygens (including phenoxy) is 1. The summed E-state index contributed by atoms with van der Waals surface area (Å²) in [5.74, 6) is 0.877. The van der Waals surface area contributed by atoms with Crippen molar-refractivity contribution < 1.29 is 4.74 Å². The SMILES string of the molecule is C1=CCCC(C2=C[N]C=CO2)=C1. The smallest absolute Gasteiger partial charge is 0.148 e.